The van der Waals surface area contributed by atoms with Crippen LogP contribution in [0, 0.1) is 6.92 Å². The fourth-order valence-electron chi connectivity index (χ4n) is 2.58. The number of amides is 1. The quantitative estimate of drug-likeness (QED) is 0.680. The van der Waals surface area contributed by atoms with Crippen molar-refractivity contribution in [3.05, 3.63) is 58.4 Å². The van der Waals surface area contributed by atoms with Crippen LogP contribution in [0.5, 0.6) is 0 Å². The minimum atomic E-state index is -0.492. The van der Waals surface area contributed by atoms with E-state index >= 15 is 0 Å². The molecular weight excluding hydrogens is 356 g/mol. The monoisotopic (exact) mass is 372 g/mol. The number of nitrogens with zero attached hydrogens (tertiary/aromatic N) is 1. The number of rotatable bonds is 5. The van der Waals surface area contributed by atoms with Crippen LogP contribution in [0.1, 0.15) is 28.2 Å². The Hall–Kier alpha value is -2.86. The highest BCUT2D eigenvalue weighted by Gasteiger charge is 2.12. The van der Waals surface area contributed by atoms with Crippen molar-refractivity contribution < 1.29 is 18.7 Å². The molecular formula is C19H17ClN2O4. The van der Waals surface area contributed by atoms with E-state index in [-0.39, 0.29) is 12.3 Å². The fourth-order valence-corrected chi connectivity index (χ4v) is 2.74. The Morgan fingerprint density at radius 3 is 2.81 bits per heavy atom. The van der Waals surface area contributed by atoms with Gasteiger partial charge in [0.15, 0.2) is 11.5 Å². The van der Waals surface area contributed by atoms with Gasteiger partial charge < -0.3 is 14.5 Å². The van der Waals surface area contributed by atoms with Crippen molar-refractivity contribution in [3.8, 4) is 0 Å². The summed E-state index contributed by atoms with van der Waals surface area (Å²) in [6.07, 6.45) is 0.809. The smallest absolute Gasteiger partial charge is 0.337 e. The van der Waals surface area contributed by atoms with Crippen molar-refractivity contribution in [1.29, 1.82) is 0 Å². The maximum atomic E-state index is 12.2. The Morgan fingerprint density at radius 1 is 1.23 bits per heavy atom. The number of hydrogen-bond acceptors (Lipinski definition) is 5. The maximum Gasteiger partial charge on any atom is 0.337 e. The van der Waals surface area contributed by atoms with Gasteiger partial charge in [-0.3, -0.25) is 4.79 Å². The van der Waals surface area contributed by atoms with E-state index in [2.05, 4.69) is 15.0 Å². The molecule has 0 saturated carbocycles. The van der Waals surface area contributed by atoms with Crippen LogP contribution in [0.25, 0.3) is 11.1 Å². The van der Waals surface area contributed by atoms with E-state index in [0.29, 0.717) is 28.6 Å². The molecule has 0 fully saturated rings. The number of fused-ring (bicyclic) bond motifs is 1. The van der Waals surface area contributed by atoms with Gasteiger partial charge in [0.2, 0.25) is 5.91 Å². The van der Waals surface area contributed by atoms with Crippen molar-refractivity contribution >= 4 is 40.3 Å². The number of carbonyl (C=O) groups is 2. The van der Waals surface area contributed by atoms with Crippen molar-refractivity contribution in [2.45, 2.75) is 19.8 Å². The molecule has 0 aliphatic heterocycles. The van der Waals surface area contributed by atoms with Gasteiger partial charge in [0.1, 0.15) is 5.52 Å². The van der Waals surface area contributed by atoms with Crippen molar-refractivity contribution in [1.82, 2.24) is 4.98 Å². The lowest BCUT2D eigenvalue weighted by Gasteiger charge is -2.09. The van der Waals surface area contributed by atoms with Crippen LogP contribution in [0.3, 0.4) is 0 Å². The number of aromatic nitrogens is 1. The summed E-state index contributed by atoms with van der Waals surface area (Å²) >= 11 is 6.09. The van der Waals surface area contributed by atoms with E-state index in [4.69, 9.17) is 16.0 Å². The average Bonchev–Trinajstić information content (AvgIpc) is 3.00. The third kappa shape index (κ3) is 4.03. The molecule has 26 heavy (non-hydrogen) atoms. The summed E-state index contributed by atoms with van der Waals surface area (Å²) in [5, 5.41) is 3.08. The number of carbonyl (C=O) groups excluding carboxylic acids is 2. The number of ether oxygens (including phenoxy) is 1. The summed E-state index contributed by atoms with van der Waals surface area (Å²) in [6, 6.07) is 10.2. The first-order valence-electron chi connectivity index (χ1n) is 8.00. The lowest BCUT2D eigenvalue weighted by Crippen LogP contribution is -2.13. The predicted molar refractivity (Wildman–Crippen MR) is 98.5 cm³/mol. The molecule has 0 spiro atoms. The number of esters is 1. The molecule has 1 heterocycles. The number of halogens is 1. The Morgan fingerprint density at radius 2 is 2.04 bits per heavy atom. The van der Waals surface area contributed by atoms with Crippen LogP contribution >= 0.6 is 11.6 Å². The zero-order valence-electron chi connectivity index (χ0n) is 14.3. The summed E-state index contributed by atoms with van der Waals surface area (Å²) < 4.78 is 10.1. The first-order valence-corrected chi connectivity index (χ1v) is 8.38. The molecule has 1 N–H and O–H groups in total. The SMILES string of the molecule is COC(=O)c1ccc(Cl)c(NC(=O)CCc2ccc3oc(C)nc3c2)c1. The minimum Gasteiger partial charge on any atom is -0.465 e. The number of anilines is 1. The third-order valence-electron chi connectivity index (χ3n) is 3.86. The van der Waals surface area contributed by atoms with Gasteiger partial charge in [-0.15, -0.1) is 0 Å². The average molecular weight is 373 g/mol. The van der Waals surface area contributed by atoms with Gasteiger partial charge in [0.05, 0.1) is 23.4 Å². The van der Waals surface area contributed by atoms with Gasteiger partial charge in [-0.2, -0.15) is 0 Å². The van der Waals surface area contributed by atoms with Crippen LogP contribution in [0.4, 0.5) is 5.69 Å². The molecule has 0 saturated heterocycles. The van der Waals surface area contributed by atoms with Crippen LogP contribution < -0.4 is 5.32 Å². The zero-order chi connectivity index (χ0) is 18.7. The topological polar surface area (TPSA) is 81.4 Å². The highest BCUT2D eigenvalue weighted by atomic mass is 35.5. The number of benzene rings is 2. The molecule has 1 amide bonds. The predicted octanol–water partition coefficient (Wildman–Crippen LogP) is 4.15. The van der Waals surface area contributed by atoms with E-state index in [9.17, 15) is 9.59 Å². The summed E-state index contributed by atoms with van der Waals surface area (Å²) in [7, 11) is 1.29. The molecule has 6 nitrogen and oxygen atoms in total. The molecule has 0 bridgehead atoms. The van der Waals surface area contributed by atoms with Gasteiger partial charge in [0, 0.05) is 13.3 Å². The normalized spacial score (nSPS) is 10.7. The molecule has 0 aliphatic carbocycles. The summed E-state index contributed by atoms with van der Waals surface area (Å²) in [4.78, 5) is 28.1. The largest absolute Gasteiger partial charge is 0.465 e. The molecule has 0 radical (unpaired) electrons. The second kappa shape index (κ2) is 7.58. The van der Waals surface area contributed by atoms with Gasteiger partial charge in [-0.1, -0.05) is 17.7 Å². The molecule has 3 aromatic rings. The Bertz CT molecular complexity index is 981. The van der Waals surface area contributed by atoms with Crippen LogP contribution in [0.2, 0.25) is 5.02 Å². The van der Waals surface area contributed by atoms with Crippen LogP contribution in [-0.2, 0) is 16.0 Å². The molecule has 0 unspecified atom stereocenters. The Labute approximate surface area is 155 Å². The van der Waals surface area contributed by atoms with Gasteiger partial charge in [0.25, 0.3) is 0 Å². The standard InChI is InChI=1S/C19H17ClN2O4/c1-11-21-16-9-12(3-7-17(16)26-11)4-8-18(23)22-15-10-13(19(24)25-2)5-6-14(15)20/h3,5-7,9-10H,4,8H2,1-2H3,(H,22,23). The maximum absolute atomic E-state index is 12.2. The second-order valence-corrected chi connectivity index (χ2v) is 6.18. The second-order valence-electron chi connectivity index (χ2n) is 5.77. The van der Waals surface area contributed by atoms with Crippen LogP contribution in [-0.4, -0.2) is 24.0 Å². The van der Waals surface area contributed by atoms with Gasteiger partial charge >= 0.3 is 5.97 Å². The highest BCUT2D eigenvalue weighted by Crippen LogP contribution is 2.24. The van der Waals surface area contributed by atoms with Crippen molar-refractivity contribution in [2.75, 3.05) is 12.4 Å². The molecule has 3 rings (SSSR count). The summed E-state index contributed by atoms with van der Waals surface area (Å²) in [6.45, 7) is 1.79. The highest BCUT2D eigenvalue weighted by molar-refractivity contribution is 6.33. The molecule has 7 heteroatoms. The van der Waals surface area contributed by atoms with Crippen molar-refractivity contribution in [2.24, 2.45) is 0 Å². The summed E-state index contributed by atoms with van der Waals surface area (Å²) in [5.74, 6) is -0.0891. The van der Waals surface area contributed by atoms with E-state index in [1.807, 2.05) is 18.2 Å². The van der Waals surface area contributed by atoms with E-state index < -0.39 is 5.97 Å². The molecule has 2 aromatic carbocycles. The molecule has 0 atom stereocenters. The Balaban J connectivity index is 1.65. The fraction of sp³-hybridized carbons (Fsp3) is 0.211. The number of hydrogen-bond donors (Lipinski definition) is 1. The van der Waals surface area contributed by atoms with Crippen LogP contribution in [0.15, 0.2) is 40.8 Å². The van der Waals surface area contributed by atoms with Gasteiger partial charge in [-0.25, -0.2) is 9.78 Å². The number of aryl methyl sites for hydroxylation is 2. The lowest BCUT2D eigenvalue weighted by molar-refractivity contribution is -0.116. The third-order valence-corrected chi connectivity index (χ3v) is 4.19. The number of oxazole rings is 1. The lowest BCUT2D eigenvalue weighted by atomic mass is 10.1. The van der Waals surface area contributed by atoms with E-state index in [0.717, 1.165) is 16.7 Å². The van der Waals surface area contributed by atoms with E-state index in [1.54, 1.807) is 19.1 Å². The van der Waals surface area contributed by atoms with Gasteiger partial charge in [-0.05, 0) is 42.3 Å². The van der Waals surface area contributed by atoms with E-state index in [1.165, 1.54) is 13.2 Å². The minimum absolute atomic E-state index is 0.203. The summed E-state index contributed by atoms with van der Waals surface area (Å²) in [5.41, 5.74) is 3.17. The Kier molecular flexibility index (Phi) is 5.23. The number of nitrogens with one attached hydrogen (secondary N) is 1. The first kappa shape index (κ1) is 17.9. The molecule has 134 valence electrons. The molecule has 1 aromatic heterocycles. The van der Waals surface area contributed by atoms with Crippen molar-refractivity contribution in [3.63, 3.8) is 0 Å². The number of methoxy groups -OCH3 is 1. The zero-order valence-corrected chi connectivity index (χ0v) is 15.1. The molecule has 0 aliphatic rings. The first-order chi connectivity index (χ1) is 12.5.